The van der Waals surface area contributed by atoms with E-state index in [1.54, 1.807) is 0 Å². The summed E-state index contributed by atoms with van der Waals surface area (Å²) in [5.41, 5.74) is 7.11. The van der Waals surface area contributed by atoms with Gasteiger partial charge in [-0.2, -0.15) is 0 Å². The smallest absolute Gasteiger partial charge is 0.226 e. The highest BCUT2D eigenvalue weighted by Gasteiger charge is 2.34. The van der Waals surface area contributed by atoms with Gasteiger partial charge in [-0.1, -0.05) is 11.6 Å². The standard InChI is InChI=1S/C14H24N2O/c1-16(13(10-15)12-7-8-12)14(17)9-11-5-3-2-4-6-11/h5,12-13H,2-4,6-10,15H2,1H3. The minimum Gasteiger partial charge on any atom is -0.341 e. The first kappa shape index (κ1) is 12.6. The van der Waals surface area contributed by atoms with Crippen molar-refractivity contribution < 1.29 is 4.79 Å². The lowest BCUT2D eigenvalue weighted by Gasteiger charge is -2.28. The van der Waals surface area contributed by atoms with E-state index in [1.807, 2.05) is 11.9 Å². The fourth-order valence-electron chi connectivity index (χ4n) is 2.72. The molecule has 0 radical (unpaired) electrons. The van der Waals surface area contributed by atoms with Crippen molar-refractivity contribution in [2.75, 3.05) is 13.6 Å². The van der Waals surface area contributed by atoms with Crippen molar-refractivity contribution in [3.63, 3.8) is 0 Å². The Bertz CT molecular complexity index is 307. The van der Waals surface area contributed by atoms with E-state index < -0.39 is 0 Å². The van der Waals surface area contributed by atoms with Crippen LogP contribution in [0.5, 0.6) is 0 Å². The van der Waals surface area contributed by atoms with Crippen molar-refractivity contribution in [2.24, 2.45) is 11.7 Å². The molecule has 0 spiro atoms. The summed E-state index contributed by atoms with van der Waals surface area (Å²) < 4.78 is 0. The molecular weight excluding hydrogens is 212 g/mol. The molecule has 96 valence electrons. The molecule has 3 heteroatoms. The maximum absolute atomic E-state index is 12.2. The van der Waals surface area contributed by atoms with Gasteiger partial charge in [0.15, 0.2) is 0 Å². The van der Waals surface area contributed by atoms with Crippen LogP contribution in [0.15, 0.2) is 11.6 Å². The third kappa shape index (κ3) is 3.32. The molecule has 2 rings (SSSR count). The largest absolute Gasteiger partial charge is 0.341 e. The molecule has 0 heterocycles. The van der Waals surface area contributed by atoms with Crippen LogP contribution in [0, 0.1) is 5.92 Å². The van der Waals surface area contributed by atoms with Crippen LogP contribution in [-0.4, -0.2) is 30.4 Å². The van der Waals surface area contributed by atoms with Gasteiger partial charge in [0.05, 0.1) is 0 Å². The Kier molecular flexibility index (Phi) is 4.21. The van der Waals surface area contributed by atoms with Gasteiger partial charge in [0.1, 0.15) is 0 Å². The van der Waals surface area contributed by atoms with Crippen molar-refractivity contribution in [2.45, 2.75) is 51.0 Å². The summed E-state index contributed by atoms with van der Waals surface area (Å²) >= 11 is 0. The lowest BCUT2D eigenvalue weighted by molar-refractivity contribution is -0.131. The second kappa shape index (κ2) is 5.67. The zero-order valence-corrected chi connectivity index (χ0v) is 10.8. The lowest BCUT2D eigenvalue weighted by atomic mass is 9.96. The molecule has 0 aromatic carbocycles. The van der Waals surface area contributed by atoms with Crippen molar-refractivity contribution in [1.82, 2.24) is 4.90 Å². The van der Waals surface area contributed by atoms with E-state index in [0.29, 0.717) is 18.9 Å². The average Bonchev–Trinajstić information content (AvgIpc) is 3.15. The number of nitrogens with two attached hydrogens (primary N) is 1. The molecule has 0 aromatic heterocycles. The van der Waals surface area contributed by atoms with Gasteiger partial charge in [-0.15, -0.1) is 0 Å². The zero-order chi connectivity index (χ0) is 12.3. The Balaban J connectivity index is 1.87. The second-order valence-corrected chi connectivity index (χ2v) is 5.43. The van der Waals surface area contributed by atoms with Gasteiger partial charge < -0.3 is 10.6 Å². The highest BCUT2D eigenvalue weighted by atomic mass is 16.2. The number of allylic oxidation sites excluding steroid dienone is 1. The summed E-state index contributed by atoms with van der Waals surface area (Å²) in [5, 5.41) is 0. The van der Waals surface area contributed by atoms with Crippen molar-refractivity contribution in [3.8, 4) is 0 Å². The van der Waals surface area contributed by atoms with Crippen molar-refractivity contribution >= 4 is 5.91 Å². The SMILES string of the molecule is CN(C(=O)CC1=CCCCC1)C(CN)C1CC1. The second-order valence-electron chi connectivity index (χ2n) is 5.43. The number of carbonyl (C=O) groups is 1. The van der Waals surface area contributed by atoms with Gasteiger partial charge in [0, 0.05) is 26.1 Å². The van der Waals surface area contributed by atoms with Crippen LogP contribution in [-0.2, 0) is 4.79 Å². The molecule has 17 heavy (non-hydrogen) atoms. The van der Waals surface area contributed by atoms with Crippen molar-refractivity contribution in [3.05, 3.63) is 11.6 Å². The summed E-state index contributed by atoms with van der Waals surface area (Å²) in [7, 11) is 1.92. The van der Waals surface area contributed by atoms with E-state index in [1.165, 1.54) is 31.3 Å². The third-order valence-electron chi connectivity index (χ3n) is 4.06. The number of amides is 1. The first-order valence-corrected chi connectivity index (χ1v) is 6.86. The maximum Gasteiger partial charge on any atom is 0.226 e. The molecule has 3 nitrogen and oxygen atoms in total. The van der Waals surface area contributed by atoms with Gasteiger partial charge in [-0.25, -0.2) is 0 Å². The number of nitrogens with zero attached hydrogens (tertiary/aromatic N) is 1. The summed E-state index contributed by atoms with van der Waals surface area (Å²) in [5.74, 6) is 0.912. The summed E-state index contributed by atoms with van der Waals surface area (Å²) in [6, 6.07) is 0.270. The minimum atomic E-state index is 0.250. The molecule has 1 saturated carbocycles. The van der Waals surface area contributed by atoms with E-state index in [-0.39, 0.29) is 11.9 Å². The molecule has 1 amide bonds. The number of likely N-dealkylation sites (N-methyl/N-ethyl adjacent to an activating group) is 1. The highest BCUT2D eigenvalue weighted by molar-refractivity contribution is 5.78. The summed E-state index contributed by atoms with van der Waals surface area (Å²) in [6.45, 7) is 0.603. The van der Waals surface area contributed by atoms with Crippen molar-refractivity contribution in [1.29, 1.82) is 0 Å². The van der Waals surface area contributed by atoms with E-state index >= 15 is 0 Å². The molecule has 1 atom stereocenters. The molecule has 2 aliphatic rings. The highest BCUT2D eigenvalue weighted by Crippen LogP contribution is 2.35. The third-order valence-corrected chi connectivity index (χ3v) is 4.06. The Hall–Kier alpha value is -0.830. The Morgan fingerprint density at radius 2 is 2.29 bits per heavy atom. The Morgan fingerprint density at radius 3 is 2.82 bits per heavy atom. The minimum absolute atomic E-state index is 0.250. The molecule has 0 aliphatic heterocycles. The normalized spacial score (nSPS) is 21.9. The molecule has 0 bridgehead atoms. The fourth-order valence-corrected chi connectivity index (χ4v) is 2.72. The van der Waals surface area contributed by atoms with E-state index in [2.05, 4.69) is 6.08 Å². The maximum atomic E-state index is 12.2. The van der Waals surface area contributed by atoms with Crippen LogP contribution in [0.25, 0.3) is 0 Å². The number of rotatable bonds is 5. The molecule has 2 N–H and O–H groups in total. The fraction of sp³-hybridized carbons (Fsp3) is 0.786. The predicted molar refractivity (Wildman–Crippen MR) is 69.5 cm³/mol. The zero-order valence-electron chi connectivity index (χ0n) is 10.8. The lowest BCUT2D eigenvalue weighted by Crippen LogP contribution is -2.43. The van der Waals surface area contributed by atoms with E-state index in [0.717, 1.165) is 12.8 Å². The Labute approximate surface area is 104 Å². The predicted octanol–water partition coefficient (Wildman–Crippen LogP) is 2.07. The number of carbonyl (C=O) groups excluding carboxylic acids is 1. The van der Waals surface area contributed by atoms with Crippen LogP contribution in [0.2, 0.25) is 0 Å². The van der Waals surface area contributed by atoms with Gasteiger partial charge in [-0.05, 0) is 44.4 Å². The summed E-state index contributed by atoms with van der Waals surface area (Å²) in [6.07, 6.45) is 10.1. The van der Waals surface area contributed by atoms with Gasteiger partial charge in [0.25, 0.3) is 0 Å². The molecular formula is C14H24N2O. The first-order chi connectivity index (χ1) is 8.22. The van der Waals surface area contributed by atoms with Gasteiger partial charge >= 0.3 is 0 Å². The molecule has 2 aliphatic carbocycles. The van der Waals surface area contributed by atoms with Crippen LogP contribution < -0.4 is 5.73 Å². The topological polar surface area (TPSA) is 46.3 Å². The van der Waals surface area contributed by atoms with Crippen LogP contribution >= 0.6 is 0 Å². The first-order valence-electron chi connectivity index (χ1n) is 6.86. The monoisotopic (exact) mass is 236 g/mol. The Morgan fingerprint density at radius 1 is 1.53 bits per heavy atom. The van der Waals surface area contributed by atoms with E-state index in [9.17, 15) is 4.79 Å². The van der Waals surface area contributed by atoms with Crippen LogP contribution in [0.4, 0.5) is 0 Å². The van der Waals surface area contributed by atoms with Crippen LogP contribution in [0.1, 0.15) is 44.9 Å². The molecule has 1 unspecified atom stereocenters. The average molecular weight is 236 g/mol. The van der Waals surface area contributed by atoms with Crippen LogP contribution in [0.3, 0.4) is 0 Å². The van der Waals surface area contributed by atoms with Gasteiger partial charge in [-0.3, -0.25) is 4.79 Å². The van der Waals surface area contributed by atoms with E-state index in [4.69, 9.17) is 5.73 Å². The number of hydrogen-bond acceptors (Lipinski definition) is 2. The molecule has 0 aromatic rings. The quantitative estimate of drug-likeness (QED) is 0.743. The molecule has 1 fully saturated rings. The molecule has 0 saturated heterocycles. The van der Waals surface area contributed by atoms with Gasteiger partial charge in [0.2, 0.25) is 5.91 Å². The number of hydrogen-bond donors (Lipinski definition) is 1. The summed E-state index contributed by atoms with van der Waals surface area (Å²) in [4.78, 5) is 14.1.